The van der Waals surface area contributed by atoms with E-state index >= 15 is 0 Å². The molecule has 0 saturated heterocycles. The number of ether oxygens (including phenoxy) is 2. The topological polar surface area (TPSA) is 68.0 Å². The van der Waals surface area contributed by atoms with Gasteiger partial charge in [-0.25, -0.2) is 0 Å². The summed E-state index contributed by atoms with van der Waals surface area (Å²) in [7, 11) is 0. The maximum atomic E-state index is 12.7. The predicted octanol–water partition coefficient (Wildman–Crippen LogP) is 5.53. The third-order valence-electron chi connectivity index (χ3n) is 3.00. The van der Waals surface area contributed by atoms with Crippen LogP contribution in [0.1, 0.15) is 24.6 Å². The lowest BCUT2D eigenvalue weighted by Gasteiger charge is -2.18. The number of alkyl halides is 6. The van der Waals surface area contributed by atoms with Crippen LogP contribution in [0.15, 0.2) is 30.5 Å². The zero-order valence-corrected chi connectivity index (χ0v) is 14.8. The van der Waals surface area contributed by atoms with Gasteiger partial charge in [0, 0.05) is 24.4 Å². The molecule has 150 valence electrons. The van der Waals surface area contributed by atoms with E-state index in [-0.39, 0.29) is 29.5 Å². The van der Waals surface area contributed by atoms with Crippen molar-refractivity contribution in [2.75, 3.05) is 0 Å². The van der Waals surface area contributed by atoms with E-state index in [9.17, 15) is 26.3 Å². The van der Waals surface area contributed by atoms with Crippen molar-refractivity contribution >= 4 is 11.8 Å². The molecule has 0 spiro atoms. The van der Waals surface area contributed by atoms with Gasteiger partial charge in [-0.15, -0.1) is 0 Å². The van der Waals surface area contributed by atoms with Crippen LogP contribution >= 0.6 is 11.8 Å². The molecule has 0 saturated carbocycles. The lowest BCUT2D eigenvalue weighted by Crippen LogP contribution is -2.18. The Labute approximate surface area is 159 Å². The van der Waals surface area contributed by atoms with E-state index in [1.807, 2.05) is 0 Å². The van der Waals surface area contributed by atoms with Gasteiger partial charge in [0.1, 0.15) is 11.4 Å². The average molecular weight is 423 g/mol. The molecule has 0 bridgehead atoms. The second-order valence-corrected chi connectivity index (χ2v) is 6.36. The summed E-state index contributed by atoms with van der Waals surface area (Å²) in [6.07, 6.45) is -3.84. The van der Waals surface area contributed by atoms with Gasteiger partial charge >= 0.3 is 11.7 Å². The molecular formula is C16H11F6N3O2S. The minimum Gasteiger partial charge on any atom is -0.463 e. The monoisotopic (exact) mass is 423 g/mol. The highest BCUT2D eigenvalue weighted by Crippen LogP contribution is 2.36. The lowest BCUT2D eigenvalue weighted by atomic mass is 10.3. The second-order valence-electron chi connectivity index (χ2n) is 5.14. The highest BCUT2D eigenvalue weighted by molar-refractivity contribution is 8.00. The summed E-state index contributed by atoms with van der Waals surface area (Å²) < 4.78 is 86.1. The minimum absolute atomic E-state index is 0.0157. The Kier molecular flexibility index (Phi) is 6.60. The maximum Gasteiger partial charge on any atom is 0.445 e. The maximum absolute atomic E-state index is 12.7. The van der Waals surface area contributed by atoms with Gasteiger partial charge in [0.15, 0.2) is 5.44 Å². The predicted molar refractivity (Wildman–Crippen MR) is 86.6 cm³/mol. The number of hydrogen-bond donors (Lipinski definition) is 0. The largest absolute Gasteiger partial charge is 0.463 e. The van der Waals surface area contributed by atoms with E-state index < -0.39 is 34.6 Å². The Morgan fingerprint density at radius 1 is 1.14 bits per heavy atom. The molecule has 28 heavy (non-hydrogen) atoms. The molecular weight excluding hydrogens is 412 g/mol. The van der Waals surface area contributed by atoms with E-state index in [4.69, 9.17) is 14.7 Å². The molecule has 0 aromatic carbocycles. The van der Waals surface area contributed by atoms with Crippen LogP contribution < -0.4 is 9.47 Å². The molecule has 2 aromatic heterocycles. The third-order valence-corrected chi connectivity index (χ3v) is 3.96. The summed E-state index contributed by atoms with van der Waals surface area (Å²) in [6.45, 7) is 1.46. The van der Waals surface area contributed by atoms with E-state index in [0.717, 1.165) is 24.4 Å². The van der Waals surface area contributed by atoms with Crippen LogP contribution in [0.2, 0.25) is 0 Å². The quantitative estimate of drug-likeness (QED) is 0.450. The summed E-state index contributed by atoms with van der Waals surface area (Å²) in [4.78, 5) is 6.98. The summed E-state index contributed by atoms with van der Waals surface area (Å²) >= 11 is -0.395. The SMILES string of the molecule is CCC(Oc1cc(C#N)cc(Oc2ccnc(C(F)(F)F)c2)n1)SC(F)(F)F. The normalized spacial score (nSPS) is 12.9. The molecule has 0 aliphatic carbocycles. The number of thioether (sulfide) groups is 1. The van der Waals surface area contributed by atoms with Gasteiger partial charge in [-0.1, -0.05) is 6.92 Å². The van der Waals surface area contributed by atoms with Crippen LogP contribution in [0.4, 0.5) is 26.3 Å². The second kappa shape index (κ2) is 8.55. The van der Waals surface area contributed by atoms with Gasteiger partial charge in [0.25, 0.3) is 0 Å². The van der Waals surface area contributed by atoms with Crippen molar-refractivity contribution in [3.63, 3.8) is 0 Å². The fraction of sp³-hybridized carbons (Fsp3) is 0.312. The van der Waals surface area contributed by atoms with Gasteiger partial charge in [0.2, 0.25) is 11.8 Å². The van der Waals surface area contributed by atoms with Gasteiger partial charge < -0.3 is 9.47 Å². The summed E-state index contributed by atoms with van der Waals surface area (Å²) in [5.74, 6) is -0.921. The molecule has 0 radical (unpaired) electrons. The van der Waals surface area contributed by atoms with Crippen LogP contribution in [-0.2, 0) is 6.18 Å². The Bertz CT molecular complexity index is 867. The molecule has 2 aromatic rings. The number of aromatic nitrogens is 2. The molecule has 0 fully saturated rings. The fourth-order valence-electron chi connectivity index (χ4n) is 1.88. The van der Waals surface area contributed by atoms with E-state index in [1.165, 1.54) is 6.92 Å². The molecule has 0 aliphatic heterocycles. The summed E-state index contributed by atoms with van der Waals surface area (Å²) in [5, 5.41) is 9.05. The molecule has 12 heteroatoms. The van der Waals surface area contributed by atoms with E-state index in [0.29, 0.717) is 6.07 Å². The van der Waals surface area contributed by atoms with E-state index in [2.05, 4.69) is 9.97 Å². The van der Waals surface area contributed by atoms with Crippen molar-refractivity contribution in [1.82, 2.24) is 9.97 Å². The number of halogens is 6. The number of nitriles is 1. The molecule has 0 N–H and O–H groups in total. The number of rotatable bonds is 6. The first-order valence-electron chi connectivity index (χ1n) is 7.54. The summed E-state index contributed by atoms with van der Waals surface area (Å²) in [5.41, 5.74) is -7.13. The van der Waals surface area contributed by atoms with Crippen LogP contribution in [0.5, 0.6) is 17.5 Å². The van der Waals surface area contributed by atoms with Gasteiger partial charge in [-0.3, -0.25) is 4.98 Å². The van der Waals surface area contributed by atoms with Gasteiger partial charge in [-0.05, 0) is 24.2 Å². The van der Waals surface area contributed by atoms with Crippen LogP contribution in [0.25, 0.3) is 0 Å². The highest BCUT2D eigenvalue weighted by atomic mass is 32.2. The van der Waals surface area contributed by atoms with Crippen molar-refractivity contribution in [3.8, 4) is 23.6 Å². The molecule has 2 rings (SSSR count). The zero-order chi connectivity index (χ0) is 20.9. The first-order chi connectivity index (χ1) is 13.0. The van der Waals surface area contributed by atoms with E-state index in [1.54, 1.807) is 6.07 Å². The molecule has 2 heterocycles. The van der Waals surface area contributed by atoms with Crippen molar-refractivity contribution in [3.05, 3.63) is 41.7 Å². The molecule has 1 unspecified atom stereocenters. The number of hydrogen-bond acceptors (Lipinski definition) is 6. The van der Waals surface area contributed by atoms with Gasteiger partial charge in [0.05, 0.1) is 11.6 Å². The minimum atomic E-state index is -4.70. The van der Waals surface area contributed by atoms with Crippen LogP contribution in [0.3, 0.4) is 0 Å². The zero-order valence-electron chi connectivity index (χ0n) is 14.0. The standard InChI is InChI=1S/C16H11F6N3O2S/c1-2-14(28-16(20,21)22)27-13-6-9(8-23)5-12(25-13)26-10-3-4-24-11(7-10)15(17,18)19/h3-7,14H,2H2,1H3. The average Bonchev–Trinajstić information content (AvgIpc) is 2.59. The number of pyridine rings is 2. The first-order valence-corrected chi connectivity index (χ1v) is 8.42. The van der Waals surface area contributed by atoms with Crippen LogP contribution in [0, 0.1) is 11.3 Å². The molecule has 0 aliphatic rings. The highest BCUT2D eigenvalue weighted by Gasteiger charge is 2.34. The molecule has 1 atom stereocenters. The Morgan fingerprint density at radius 3 is 2.39 bits per heavy atom. The van der Waals surface area contributed by atoms with Crippen molar-refractivity contribution in [2.24, 2.45) is 0 Å². The Balaban J connectivity index is 2.27. The first kappa shape index (κ1) is 21.6. The fourth-order valence-corrected chi connectivity index (χ4v) is 2.49. The Hall–Kier alpha value is -2.68. The Morgan fingerprint density at radius 2 is 1.82 bits per heavy atom. The van der Waals surface area contributed by atoms with Crippen molar-refractivity contribution in [2.45, 2.75) is 30.5 Å². The van der Waals surface area contributed by atoms with Crippen molar-refractivity contribution in [1.29, 1.82) is 5.26 Å². The summed E-state index contributed by atoms with van der Waals surface area (Å²) in [6, 6.07) is 5.70. The van der Waals surface area contributed by atoms with Gasteiger partial charge in [-0.2, -0.15) is 36.6 Å². The van der Waals surface area contributed by atoms with Crippen LogP contribution in [-0.4, -0.2) is 20.9 Å². The third kappa shape index (κ3) is 6.49. The number of nitrogens with zero attached hydrogens (tertiary/aromatic N) is 3. The lowest BCUT2D eigenvalue weighted by molar-refractivity contribution is -0.141. The molecule has 5 nitrogen and oxygen atoms in total. The smallest absolute Gasteiger partial charge is 0.445 e. The van der Waals surface area contributed by atoms with Crippen molar-refractivity contribution < 1.29 is 35.8 Å². The molecule has 0 amide bonds.